The summed E-state index contributed by atoms with van der Waals surface area (Å²) in [6, 6.07) is 5.66. The summed E-state index contributed by atoms with van der Waals surface area (Å²) in [4.78, 5) is 36.7. The SMILES string of the molecule is CC(=O)SC1CC(=O)N(c2ccc3c(c2)C(=O)CC3)C1. The number of amides is 1. The summed E-state index contributed by atoms with van der Waals surface area (Å²) >= 11 is 1.22. The Labute approximate surface area is 121 Å². The molecular weight excluding hydrogens is 274 g/mol. The molecule has 4 nitrogen and oxygen atoms in total. The lowest BCUT2D eigenvalue weighted by Gasteiger charge is -2.17. The van der Waals surface area contributed by atoms with Crippen LogP contribution in [0.15, 0.2) is 18.2 Å². The van der Waals surface area contributed by atoms with E-state index in [0.29, 0.717) is 19.4 Å². The van der Waals surface area contributed by atoms with Gasteiger partial charge in [-0.3, -0.25) is 14.4 Å². The van der Waals surface area contributed by atoms with E-state index in [1.165, 1.54) is 18.7 Å². The molecule has 3 rings (SSSR count). The number of anilines is 1. The number of carbonyl (C=O) groups excluding carboxylic acids is 3. The third-order valence-corrected chi connectivity index (χ3v) is 4.73. The first-order chi connectivity index (χ1) is 9.54. The topological polar surface area (TPSA) is 54.5 Å². The van der Waals surface area contributed by atoms with Crippen molar-refractivity contribution in [1.29, 1.82) is 0 Å². The van der Waals surface area contributed by atoms with Crippen LogP contribution in [0.3, 0.4) is 0 Å². The number of hydrogen-bond acceptors (Lipinski definition) is 4. The van der Waals surface area contributed by atoms with Gasteiger partial charge in [0.15, 0.2) is 10.9 Å². The van der Waals surface area contributed by atoms with E-state index in [1.807, 2.05) is 18.2 Å². The lowest BCUT2D eigenvalue weighted by atomic mass is 10.1. The molecule has 0 spiro atoms. The molecule has 1 aromatic carbocycles. The minimum atomic E-state index is 0.0176. The number of ketones is 1. The largest absolute Gasteiger partial charge is 0.311 e. The second kappa shape index (κ2) is 5.05. The van der Waals surface area contributed by atoms with E-state index in [4.69, 9.17) is 0 Å². The van der Waals surface area contributed by atoms with Crippen LogP contribution in [0.4, 0.5) is 5.69 Å². The molecule has 2 aliphatic rings. The highest BCUT2D eigenvalue weighted by atomic mass is 32.2. The zero-order valence-electron chi connectivity index (χ0n) is 11.2. The third-order valence-electron chi connectivity index (χ3n) is 3.75. The van der Waals surface area contributed by atoms with Crippen LogP contribution in [-0.4, -0.2) is 28.6 Å². The van der Waals surface area contributed by atoms with Gasteiger partial charge < -0.3 is 4.90 Å². The van der Waals surface area contributed by atoms with Gasteiger partial charge in [0.25, 0.3) is 0 Å². The van der Waals surface area contributed by atoms with Gasteiger partial charge in [0.2, 0.25) is 5.91 Å². The van der Waals surface area contributed by atoms with Gasteiger partial charge in [0.05, 0.1) is 0 Å². The summed E-state index contributed by atoms with van der Waals surface area (Å²) in [6.07, 6.45) is 1.75. The van der Waals surface area contributed by atoms with Gasteiger partial charge in [0, 0.05) is 42.8 Å². The molecule has 1 amide bonds. The van der Waals surface area contributed by atoms with Crippen molar-refractivity contribution >= 4 is 34.3 Å². The average molecular weight is 289 g/mol. The van der Waals surface area contributed by atoms with Crippen LogP contribution in [0.25, 0.3) is 0 Å². The quantitative estimate of drug-likeness (QED) is 0.837. The van der Waals surface area contributed by atoms with E-state index in [2.05, 4.69) is 0 Å². The Morgan fingerprint density at radius 2 is 2.10 bits per heavy atom. The van der Waals surface area contributed by atoms with Crippen LogP contribution in [0, 0.1) is 0 Å². The molecule has 5 heteroatoms. The Kier molecular flexibility index (Phi) is 3.38. The molecule has 0 radical (unpaired) electrons. The molecule has 1 aromatic rings. The number of carbonyl (C=O) groups is 3. The Balaban J connectivity index is 1.83. The molecule has 1 unspecified atom stereocenters. The van der Waals surface area contributed by atoms with Crippen molar-refractivity contribution in [3.63, 3.8) is 0 Å². The molecule has 1 aliphatic carbocycles. The van der Waals surface area contributed by atoms with E-state index in [-0.39, 0.29) is 22.1 Å². The maximum absolute atomic E-state index is 12.1. The Bertz CT molecular complexity index is 611. The van der Waals surface area contributed by atoms with E-state index < -0.39 is 0 Å². The van der Waals surface area contributed by atoms with Gasteiger partial charge >= 0.3 is 0 Å². The number of fused-ring (bicyclic) bond motifs is 1. The fourth-order valence-corrected chi connectivity index (χ4v) is 3.75. The molecule has 1 saturated heterocycles. The van der Waals surface area contributed by atoms with Gasteiger partial charge in [-0.2, -0.15) is 0 Å². The highest BCUT2D eigenvalue weighted by molar-refractivity contribution is 8.14. The minimum absolute atomic E-state index is 0.0176. The molecule has 20 heavy (non-hydrogen) atoms. The van der Waals surface area contributed by atoms with Crippen LogP contribution >= 0.6 is 11.8 Å². The number of hydrogen-bond donors (Lipinski definition) is 0. The van der Waals surface area contributed by atoms with Crippen molar-refractivity contribution in [3.05, 3.63) is 29.3 Å². The van der Waals surface area contributed by atoms with Gasteiger partial charge in [-0.25, -0.2) is 0 Å². The van der Waals surface area contributed by atoms with Crippen LogP contribution in [-0.2, 0) is 16.0 Å². The summed E-state index contributed by atoms with van der Waals surface area (Å²) < 4.78 is 0. The maximum Gasteiger partial charge on any atom is 0.228 e. The molecular formula is C15H15NO3S. The first kappa shape index (κ1) is 13.4. The second-order valence-electron chi connectivity index (χ2n) is 5.20. The first-order valence-corrected chi connectivity index (χ1v) is 7.56. The highest BCUT2D eigenvalue weighted by Crippen LogP contribution is 2.32. The molecule has 104 valence electrons. The number of aryl methyl sites for hydroxylation is 1. The average Bonchev–Trinajstić information content (AvgIpc) is 2.93. The van der Waals surface area contributed by atoms with Crippen LogP contribution in [0.1, 0.15) is 35.7 Å². The second-order valence-corrected chi connectivity index (χ2v) is 6.68. The summed E-state index contributed by atoms with van der Waals surface area (Å²) in [5, 5.41) is 0.0535. The summed E-state index contributed by atoms with van der Waals surface area (Å²) in [5.74, 6) is 0.178. The third kappa shape index (κ3) is 2.38. The Hall–Kier alpha value is -1.62. The monoisotopic (exact) mass is 289 g/mol. The van der Waals surface area contributed by atoms with Crippen molar-refractivity contribution in [2.75, 3.05) is 11.4 Å². The lowest BCUT2D eigenvalue weighted by Crippen LogP contribution is -2.25. The van der Waals surface area contributed by atoms with Crippen LogP contribution < -0.4 is 4.90 Å². The molecule has 1 atom stereocenters. The molecule has 0 saturated carbocycles. The van der Waals surface area contributed by atoms with E-state index in [0.717, 1.165) is 23.2 Å². The van der Waals surface area contributed by atoms with Gasteiger partial charge in [-0.05, 0) is 24.1 Å². The Morgan fingerprint density at radius 3 is 2.85 bits per heavy atom. The van der Waals surface area contributed by atoms with Crippen molar-refractivity contribution < 1.29 is 14.4 Å². The zero-order chi connectivity index (χ0) is 14.3. The number of benzene rings is 1. The number of nitrogens with zero attached hydrogens (tertiary/aromatic N) is 1. The molecule has 1 aliphatic heterocycles. The van der Waals surface area contributed by atoms with E-state index >= 15 is 0 Å². The fourth-order valence-electron chi connectivity index (χ4n) is 2.83. The smallest absolute Gasteiger partial charge is 0.228 e. The first-order valence-electron chi connectivity index (χ1n) is 6.68. The van der Waals surface area contributed by atoms with Crippen molar-refractivity contribution in [1.82, 2.24) is 0 Å². The zero-order valence-corrected chi connectivity index (χ0v) is 12.0. The maximum atomic E-state index is 12.1. The molecule has 0 aromatic heterocycles. The summed E-state index contributed by atoms with van der Waals surface area (Å²) in [6.45, 7) is 2.06. The van der Waals surface area contributed by atoms with Crippen molar-refractivity contribution in [2.24, 2.45) is 0 Å². The predicted octanol–water partition coefficient (Wildman–Crippen LogP) is 2.20. The summed E-state index contributed by atoms with van der Waals surface area (Å²) in [7, 11) is 0. The fraction of sp³-hybridized carbons (Fsp3) is 0.400. The molecule has 0 bridgehead atoms. The minimum Gasteiger partial charge on any atom is -0.311 e. The summed E-state index contributed by atoms with van der Waals surface area (Å²) in [5.41, 5.74) is 2.59. The van der Waals surface area contributed by atoms with Gasteiger partial charge in [-0.1, -0.05) is 17.8 Å². The molecule has 1 fully saturated rings. The molecule has 1 heterocycles. The van der Waals surface area contributed by atoms with Crippen molar-refractivity contribution in [2.45, 2.75) is 31.4 Å². The van der Waals surface area contributed by atoms with E-state index in [1.54, 1.807) is 4.90 Å². The number of thioether (sulfide) groups is 1. The van der Waals surface area contributed by atoms with Gasteiger partial charge in [-0.15, -0.1) is 0 Å². The number of Topliss-reactive ketones (excluding diaryl/α,β-unsaturated/α-hetero) is 1. The predicted molar refractivity (Wildman–Crippen MR) is 78.1 cm³/mol. The van der Waals surface area contributed by atoms with E-state index in [9.17, 15) is 14.4 Å². The van der Waals surface area contributed by atoms with Crippen LogP contribution in [0.5, 0.6) is 0 Å². The Morgan fingerprint density at radius 1 is 1.30 bits per heavy atom. The standard InChI is InChI=1S/C15H15NO3S/c1-9(17)20-12-7-15(19)16(8-12)11-4-2-10-3-5-14(18)13(10)6-11/h2,4,6,12H,3,5,7-8H2,1H3. The normalized spacial score (nSPS) is 21.4. The lowest BCUT2D eigenvalue weighted by molar-refractivity contribution is -0.117. The van der Waals surface area contributed by atoms with Crippen molar-refractivity contribution in [3.8, 4) is 0 Å². The van der Waals surface area contributed by atoms with Gasteiger partial charge in [0.1, 0.15) is 0 Å². The number of rotatable bonds is 2. The highest BCUT2D eigenvalue weighted by Gasteiger charge is 2.32. The molecule has 0 N–H and O–H groups in total. The van der Waals surface area contributed by atoms with Crippen LogP contribution in [0.2, 0.25) is 0 Å².